The van der Waals surface area contributed by atoms with Crippen LogP contribution in [0, 0.1) is 6.92 Å². The smallest absolute Gasteiger partial charge is 0.406 e. The molecule has 1 heterocycles. The molecule has 0 aliphatic heterocycles. The van der Waals surface area contributed by atoms with E-state index in [1.165, 1.54) is 18.2 Å². The van der Waals surface area contributed by atoms with Crippen molar-refractivity contribution in [3.8, 4) is 5.75 Å². The maximum absolute atomic E-state index is 12.2. The number of benzene rings is 1. The van der Waals surface area contributed by atoms with Gasteiger partial charge in [-0.25, -0.2) is 0 Å². The fourth-order valence-corrected chi connectivity index (χ4v) is 2.13. The van der Waals surface area contributed by atoms with Gasteiger partial charge in [-0.15, -0.1) is 24.8 Å². The minimum absolute atomic E-state index is 0.249. The summed E-state index contributed by atoms with van der Waals surface area (Å²) in [4.78, 5) is 4.28. The zero-order chi connectivity index (χ0) is 14.0. The fourth-order valence-electron chi connectivity index (χ4n) is 1.93. The predicted octanol–water partition coefficient (Wildman–Crippen LogP) is 4.22. The Hall–Kier alpha value is -1.49. The standard InChI is InChI=1S/C13H11ClF3NO/c1-8-6-9(4-5-14)11-7-10(19-13(15,16)17)2-3-12(11)18-8/h2-3,6-7H,4-5H2,1H3. The Bertz CT molecular complexity index is 598. The first kappa shape index (κ1) is 13.9. The Morgan fingerprint density at radius 1 is 1.26 bits per heavy atom. The van der Waals surface area contributed by atoms with E-state index in [0.717, 1.165) is 11.3 Å². The number of rotatable bonds is 3. The normalized spacial score (nSPS) is 11.8. The van der Waals surface area contributed by atoms with Gasteiger partial charge in [0.1, 0.15) is 5.75 Å². The van der Waals surface area contributed by atoms with Crippen LogP contribution in [-0.4, -0.2) is 17.2 Å². The second-order valence-electron chi connectivity index (χ2n) is 4.09. The molecule has 0 saturated carbocycles. The van der Waals surface area contributed by atoms with E-state index in [2.05, 4.69) is 9.72 Å². The summed E-state index contributed by atoms with van der Waals surface area (Å²) < 4.78 is 40.5. The highest BCUT2D eigenvalue weighted by Crippen LogP contribution is 2.28. The Balaban J connectivity index is 2.51. The van der Waals surface area contributed by atoms with Gasteiger partial charge in [-0.05, 0) is 43.2 Å². The van der Waals surface area contributed by atoms with E-state index in [0.29, 0.717) is 23.2 Å². The lowest BCUT2D eigenvalue weighted by Gasteiger charge is -2.11. The van der Waals surface area contributed by atoms with Gasteiger partial charge in [0.25, 0.3) is 0 Å². The Kier molecular flexibility index (Phi) is 3.85. The number of nitrogens with zero attached hydrogens (tertiary/aromatic N) is 1. The number of hydrogen-bond donors (Lipinski definition) is 0. The molecule has 19 heavy (non-hydrogen) atoms. The molecule has 6 heteroatoms. The summed E-state index contributed by atoms with van der Waals surface area (Å²) in [6.07, 6.45) is -4.13. The van der Waals surface area contributed by atoms with E-state index in [4.69, 9.17) is 11.6 Å². The number of pyridine rings is 1. The lowest BCUT2D eigenvalue weighted by Crippen LogP contribution is -2.17. The minimum atomic E-state index is -4.70. The number of ether oxygens (including phenoxy) is 1. The number of aromatic nitrogens is 1. The highest BCUT2D eigenvalue weighted by atomic mass is 35.5. The average Bonchev–Trinajstić information content (AvgIpc) is 2.28. The Labute approximate surface area is 113 Å². The molecule has 0 spiro atoms. The lowest BCUT2D eigenvalue weighted by molar-refractivity contribution is -0.274. The van der Waals surface area contributed by atoms with Crippen LogP contribution in [-0.2, 0) is 6.42 Å². The second kappa shape index (κ2) is 5.25. The van der Waals surface area contributed by atoms with Crippen LogP contribution in [0.15, 0.2) is 24.3 Å². The molecule has 0 radical (unpaired) electrons. The molecule has 0 aliphatic carbocycles. The first-order chi connectivity index (χ1) is 8.89. The third kappa shape index (κ3) is 3.50. The Morgan fingerprint density at radius 2 is 2.00 bits per heavy atom. The third-order valence-corrected chi connectivity index (χ3v) is 2.78. The van der Waals surface area contributed by atoms with E-state index in [9.17, 15) is 13.2 Å². The molecule has 0 fully saturated rings. The number of alkyl halides is 4. The lowest BCUT2D eigenvalue weighted by atomic mass is 10.1. The quantitative estimate of drug-likeness (QED) is 0.789. The minimum Gasteiger partial charge on any atom is -0.406 e. The summed E-state index contributed by atoms with van der Waals surface area (Å²) in [7, 11) is 0. The number of fused-ring (bicyclic) bond motifs is 1. The van der Waals surface area contributed by atoms with E-state index < -0.39 is 6.36 Å². The molecule has 1 aromatic carbocycles. The molecule has 1 aromatic heterocycles. The van der Waals surface area contributed by atoms with Crippen LogP contribution in [0.5, 0.6) is 5.75 Å². The number of halogens is 4. The van der Waals surface area contributed by atoms with Gasteiger partial charge in [0.2, 0.25) is 0 Å². The number of hydrogen-bond acceptors (Lipinski definition) is 2. The molecule has 0 bridgehead atoms. The van der Waals surface area contributed by atoms with Gasteiger partial charge in [0, 0.05) is 17.0 Å². The van der Waals surface area contributed by atoms with Crippen LogP contribution < -0.4 is 4.74 Å². The van der Waals surface area contributed by atoms with Crippen LogP contribution in [0.2, 0.25) is 0 Å². The van der Waals surface area contributed by atoms with Gasteiger partial charge < -0.3 is 4.74 Å². The molecule has 0 saturated heterocycles. The van der Waals surface area contributed by atoms with Crippen LogP contribution in [0.3, 0.4) is 0 Å². The summed E-state index contributed by atoms with van der Waals surface area (Å²) in [6.45, 7) is 1.83. The second-order valence-corrected chi connectivity index (χ2v) is 4.47. The van der Waals surface area contributed by atoms with Crippen molar-refractivity contribution in [2.45, 2.75) is 19.7 Å². The molecule has 2 aromatic rings. The van der Waals surface area contributed by atoms with E-state index in [1.54, 1.807) is 0 Å². The van der Waals surface area contributed by atoms with Crippen molar-refractivity contribution >= 4 is 22.5 Å². The zero-order valence-electron chi connectivity index (χ0n) is 10.1. The predicted molar refractivity (Wildman–Crippen MR) is 67.6 cm³/mol. The monoisotopic (exact) mass is 289 g/mol. The highest BCUT2D eigenvalue weighted by molar-refractivity contribution is 6.18. The number of aryl methyl sites for hydroxylation is 2. The van der Waals surface area contributed by atoms with Crippen LogP contribution in [0.4, 0.5) is 13.2 Å². The van der Waals surface area contributed by atoms with Gasteiger partial charge in [-0.2, -0.15) is 0 Å². The van der Waals surface area contributed by atoms with Gasteiger partial charge in [-0.3, -0.25) is 4.98 Å². The van der Waals surface area contributed by atoms with Crippen molar-refractivity contribution < 1.29 is 17.9 Å². The van der Waals surface area contributed by atoms with Gasteiger partial charge in [0.05, 0.1) is 5.52 Å². The van der Waals surface area contributed by atoms with Crippen molar-refractivity contribution in [2.24, 2.45) is 0 Å². The van der Waals surface area contributed by atoms with E-state index in [1.807, 2.05) is 13.0 Å². The van der Waals surface area contributed by atoms with Crippen LogP contribution in [0.25, 0.3) is 10.9 Å². The molecule has 2 nitrogen and oxygen atoms in total. The zero-order valence-corrected chi connectivity index (χ0v) is 10.8. The third-order valence-electron chi connectivity index (χ3n) is 2.59. The largest absolute Gasteiger partial charge is 0.573 e. The topological polar surface area (TPSA) is 22.1 Å². The first-order valence-corrected chi connectivity index (χ1v) is 6.14. The first-order valence-electron chi connectivity index (χ1n) is 5.61. The maximum atomic E-state index is 12.2. The molecule has 102 valence electrons. The summed E-state index contributed by atoms with van der Waals surface area (Å²) in [5, 5.41) is 0.632. The average molecular weight is 290 g/mol. The molecular weight excluding hydrogens is 279 g/mol. The summed E-state index contributed by atoms with van der Waals surface area (Å²) >= 11 is 5.70. The SMILES string of the molecule is Cc1cc(CCCl)c2cc(OC(F)(F)F)ccc2n1. The molecular formula is C13H11ClF3NO. The van der Waals surface area contributed by atoms with Crippen LogP contribution >= 0.6 is 11.6 Å². The highest BCUT2D eigenvalue weighted by Gasteiger charge is 2.31. The van der Waals surface area contributed by atoms with Gasteiger partial charge in [0.15, 0.2) is 0 Å². The van der Waals surface area contributed by atoms with Crippen molar-refractivity contribution in [3.63, 3.8) is 0 Å². The van der Waals surface area contributed by atoms with Crippen molar-refractivity contribution in [3.05, 3.63) is 35.5 Å². The van der Waals surface area contributed by atoms with E-state index >= 15 is 0 Å². The molecule has 0 atom stereocenters. The molecule has 0 amide bonds. The molecule has 0 aliphatic rings. The van der Waals surface area contributed by atoms with Crippen LogP contribution in [0.1, 0.15) is 11.3 Å². The molecule has 2 rings (SSSR count). The van der Waals surface area contributed by atoms with Crippen molar-refractivity contribution in [1.29, 1.82) is 0 Å². The van der Waals surface area contributed by atoms with Gasteiger partial charge >= 0.3 is 6.36 Å². The summed E-state index contributed by atoms with van der Waals surface area (Å²) in [5.41, 5.74) is 2.30. The van der Waals surface area contributed by atoms with E-state index in [-0.39, 0.29) is 5.75 Å². The molecule has 0 N–H and O–H groups in total. The van der Waals surface area contributed by atoms with Crippen molar-refractivity contribution in [1.82, 2.24) is 4.98 Å². The fraction of sp³-hybridized carbons (Fsp3) is 0.308. The maximum Gasteiger partial charge on any atom is 0.573 e. The van der Waals surface area contributed by atoms with Gasteiger partial charge in [-0.1, -0.05) is 0 Å². The Morgan fingerprint density at radius 3 is 2.63 bits per heavy atom. The summed E-state index contributed by atoms with van der Waals surface area (Å²) in [5.74, 6) is 0.143. The summed E-state index contributed by atoms with van der Waals surface area (Å²) in [6, 6.07) is 5.94. The molecule has 0 unspecified atom stereocenters. The van der Waals surface area contributed by atoms with Crippen molar-refractivity contribution in [2.75, 3.05) is 5.88 Å².